The van der Waals surface area contributed by atoms with E-state index in [1.165, 1.54) is 6.42 Å². The molecular weight excluding hydrogens is 342 g/mol. The molecule has 1 fully saturated rings. The van der Waals surface area contributed by atoms with Gasteiger partial charge in [-0.3, -0.25) is 4.79 Å². The predicted octanol–water partition coefficient (Wildman–Crippen LogP) is 5.26. The minimum absolute atomic E-state index is 0.174. The van der Waals surface area contributed by atoms with Gasteiger partial charge in [0.1, 0.15) is 0 Å². The summed E-state index contributed by atoms with van der Waals surface area (Å²) in [6.45, 7) is 2.18. The molecule has 4 rings (SSSR count). The summed E-state index contributed by atoms with van der Waals surface area (Å²) < 4.78 is 0. The van der Waals surface area contributed by atoms with Crippen molar-refractivity contribution in [1.29, 1.82) is 0 Å². The number of thiophene rings is 1. The quantitative estimate of drug-likeness (QED) is 0.645. The fourth-order valence-corrected chi connectivity index (χ4v) is 4.12. The molecule has 0 bridgehead atoms. The standard InChI is InChI=1S/C21H21N3OS/c1-14-7-2-4-9-17(14)23-24-21(25)16-13-19(20-11-6-12-26-20)22-18-10-5-3-8-15(16)18/h3,5-6,8,10-14H,2,4,7,9H2,1H3,(H,24,25). The summed E-state index contributed by atoms with van der Waals surface area (Å²) in [4.78, 5) is 18.7. The van der Waals surface area contributed by atoms with Crippen LogP contribution in [0.1, 0.15) is 43.0 Å². The molecule has 2 aromatic heterocycles. The average Bonchev–Trinajstić information content (AvgIpc) is 3.21. The number of nitrogens with one attached hydrogen (secondary N) is 1. The van der Waals surface area contributed by atoms with Crippen LogP contribution in [0, 0.1) is 5.92 Å². The fourth-order valence-electron chi connectivity index (χ4n) is 3.43. The minimum Gasteiger partial charge on any atom is -0.267 e. The van der Waals surface area contributed by atoms with Crippen molar-refractivity contribution >= 4 is 33.9 Å². The molecule has 2 heterocycles. The second-order valence-corrected chi connectivity index (χ2v) is 7.69. The van der Waals surface area contributed by atoms with E-state index < -0.39 is 0 Å². The first-order chi connectivity index (χ1) is 12.7. The zero-order valence-corrected chi connectivity index (χ0v) is 15.6. The van der Waals surface area contributed by atoms with E-state index in [1.54, 1.807) is 11.3 Å². The Morgan fingerprint density at radius 3 is 2.92 bits per heavy atom. The van der Waals surface area contributed by atoms with Gasteiger partial charge >= 0.3 is 0 Å². The van der Waals surface area contributed by atoms with Gasteiger partial charge in [-0.2, -0.15) is 5.10 Å². The number of hydrazone groups is 1. The summed E-state index contributed by atoms with van der Waals surface area (Å²) in [6.07, 6.45) is 4.52. The van der Waals surface area contributed by atoms with Gasteiger partial charge in [-0.25, -0.2) is 10.4 Å². The molecule has 5 heteroatoms. The van der Waals surface area contributed by atoms with Crippen LogP contribution in [0.2, 0.25) is 0 Å². The normalized spacial score (nSPS) is 19.0. The van der Waals surface area contributed by atoms with Crippen LogP contribution in [0.4, 0.5) is 0 Å². The third kappa shape index (κ3) is 3.40. The molecule has 1 atom stereocenters. The summed E-state index contributed by atoms with van der Waals surface area (Å²) in [6, 6.07) is 13.6. The molecule has 4 nitrogen and oxygen atoms in total. The van der Waals surface area contributed by atoms with E-state index >= 15 is 0 Å². The molecule has 132 valence electrons. The Hall–Kier alpha value is -2.53. The van der Waals surface area contributed by atoms with Crippen molar-refractivity contribution in [1.82, 2.24) is 10.4 Å². The van der Waals surface area contributed by atoms with E-state index in [0.717, 1.165) is 46.4 Å². The van der Waals surface area contributed by atoms with Crippen LogP contribution in [0.25, 0.3) is 21.5 Å². The number of benzene rings is 1. The van der Waals surface area contributed by atoms with Gasteiger partial charge in [0.2, 0.25) is 0 Å². The summed E-state index contributed by atoms with van der Waals surface area (Å²) in [7, 11) is 0. The maximum Gasteiger partial charge on any atom is 0.272 e. The number of hydrogen-bond donors (Lipinski definition) is 1. The predicted molar refractivity (Wildman–Crippen MR) is 108 cm³/mol. The van der Waals surface area contributed by atoms with Crippen LogP contribution in [-0.2, 0) is 0 Å². The molecule has 0 saturated heterocycles. The monoisotopic (exact) mass is 363 g/mol. The van der Waals surface area contributed by atoms with E-state index in [2.05, 4.69) is 17.5 Å². The van der Waals surface area contributed by atoms with Crippen molar-refractivity contribution in [2.45, 2.75) is 32.6 Å². The number of nitrogens with zero attached hydrogens (tertiary/aromatic N) is 2. The van der Waals surface area contributed by atoms with Gasteiger partial charge in [-0.15, -0.1) is 11.3 Å². The second kappa shape index (κ2) is 7.38. The zero-order valence-electron chi connectivity index (χ0n) is 14.7. The number of pyridine rings is 1. The number of amides is 1. The van der Waals surface area contributed by atoms with Crippen molar-refractivity contribution in [2.75, 3.05) is 0 Å². The molecule has 1 aliphatic carbocycles. The summed E-state index contributed by atoms with van der Waals surface area (Å²) >= 11 is 1.62. The van der Waals surface area contributed by atoms with Crippen LogP contribution in [0.3, 0.4) is 0 Å². The molecule has 1 N–H and O–H groups in total. The zero-order chi connectivity index (χ0) is 17.9. The van der Waals surface area contributed by atoms with Gasteiger partial charge in [0.05, 0.1) is 21.7 Å². The van der Waals surface area contributed by atoms with E-state index in [1.807, 2.05) is 47.8 Å². The Kier molecular flexibility index (Phi) is 4.80. The largest absolute Gasteiger partial charge is 0.272 e. The maximum absolute atomic E-state index is 12.9. The number of carbonyl (C=O) groups excluding carboxylic acids is 1. The van der Waals surface area contributed by atoms with Crippen LogP contribution >= 0.6 is 11.3 Å². The lowest BCUT2D eigenvalue weighted by Crippen LogP contribution is -2.24. The Labute approximate surface area is 157 Å². The van der Waals surface area contributed by atoms with E-state index in [4.69, 9.17) is 4.98 Å². The smallest absolute Gasteiger partial charge is 0.267 e. The molecule has 1 unspecified atom stereocenters. The van der Waals surface area contributed by atoms with Crippen LogP contribution in [0.15, 0.2) is 52.9 Å². The third-order valence-electron chi connectivity index (χ3n) is 4.92. The van der Waals surface area contributed by atoms with E-state index in [-0.39, 0.29) is 5.91 Å². The Balaban J connectivity index is 1.70. The van der Waals surface area contributed by atoms with Gasteiger partial charge in [0, 0.05) is 11.1 Å². The van der Waals surface area contributed by atoms with Crippen molar-refractivity contribution in [2.24, 2.45) is 11.0 Å². The topological polar surface area (TPSA) is 54.4 Å². The van der Waals surface area contributed by atoms with Crippen LogP contribution < -0.4 is 5.43 Å². The van der Waals surface area contributed by atoms with Crippen molar-refractivity contribution < 1.29 is 4.79 Å². The van der Waals surface area contributed by atoms with Crippen LogP contribution in [0.5, 0.6) is 0 Å². The molecule has 1 saturated carbocycles. The van der Waals surface area contributed by atoms with Gasteiger partial charge < -0.3 is 0 Å². The number of hydrogen-bond acceptors (Lipinski definition) is 4. The lowest BCUT2D eigenvalue weighted by atomic mass is 9.89. The highest BCUT2D eigenvalue weighted by Gasteiger charge is 2.18. The van der Waals surface area contributed by atoms with Gasteiger partial charge in [0.25, 0.3) is 5.91 Å². The molecule has 0 radical (unpaired) electrons. The van der Waals surface area contributed by atoms with Crippen molar-refractivity contribution in [3.05, 3.63) is 53.4 Å². The number of aromatic nitrogens is 1. The molecule has 0 aliphatic heterocycles. The van der Waals surface area contributed by atoms with E-state index in [9.17, 15) is 4.79 Å². The van der Waals surface area contributed by atoms with Crippen LogP contribution in [-0.4, -0.2) is 16.6 Å². The lowest BCUT2D eigenvalue weighted by Gasteiger charge is -2.19. The number of fused-ring (bicyclic) bond motifs is 1. The highest BCUT2D eigenvalue weighted by atomic mass is 32.1. The van der Waals surface area contributed by atoms with Crippen molar-refractivity contribution in [3.63, 3.8) is 0 Å². The summed E-state index contributed by atoms with van der Waals surface area (Å²) in [5.41, 5.74) is 6.15. The number of rotatable bonds is 3. The highest BCUT2D eigenvalue weighted by Crippen LogP contribution is 2.28. The molecular formula is C21H21N3OS. The highest BCUT2D eigenvalue weighted by molar-refractivity contribution is 7.13. The van der Waals surface area contributed by atoms with Gasteiger partial charge in [-0.1, -0.05) is 37.6 Å². The Bertz CT molecular complexity index is 963. The minimum atomic E-state index is -0.174. The first-order valence-electron chi connectivity index (χ1n) is 9.03. The third-order valence-corrected chi connectivity index (χ3v) is 5.82. The maximum atomic E-state index is 12.9. The van der Waals surface area contributed by atoms with Gasteiger partial charge in [0.15, 0.2) is 0 Å². The average molecular weight is 363 g/mol. The van der Waals surface area contributed by atoms with Crippen molar-refractivity contribution in [3.8, 4) is 10.6 Å². The Morgan fingerprint density at radius 2 is 2.12 bits per heavy atom. The first-order valence-corrected chi connectivity index (χ1v) is 9.91. The summed E-state index contributed by atoms with van der Waals surface area (Å²) in [5, 5.41) is 7.30. The first kappa shape index (κ1) is 16.9. The SMILES string of the molecule is CC1CCCCC1=NNC(=O)c1cc(-c2cccs2)nc2ccccc12. The number of carbonyl (C=O) groups is 1. The lowest BCUT2D eigenvalue weighted by molar-refractivity contribution is 0.0956. The van der Waals surface area contributed by atoms with Gasteiger partial charge in [-0.05, 0) is 48.8 Å². The van der Waals surface area contributed by atoms with E-state index in [0.29, 0.717) is 11.5 Å². The molecule has 3 aromatic rings. The molecule has 26 heavy (non-hydrogen) atoms. The second-order valence-electron chi connectivity index (χ2n) is 6.74. The number of para-hydroxylation sites is 1. The molecule has 1 aliphatic rings. The molecule has 1 amide bonds. The Morgan fingerprint density at radius 1 is 1.23 bits per heavy atom. The summed E-state index contributed by atoms with van der Waals surface area (Å²) in [5.74, 6) is 0.270. The molecule has 1 aromatic carbocycles. The molecule has 0 spiro atoms. The fraction of sp³-hybridized carbons (Fsp3) is 0.286.